The Labute approximate surface area is 199 Å². The summed E-state index contributed by atoms with van der Waals surface area (Å²) in [4.78, 5) is 15.2. The second-order valence-corrected chi connectivity index (χ2v) is 9.18. The third kappa shape index (κ3) is 3.91. The molecule has 2 aromatic heterocycles. The molecule has 0 saturated carbocycles. The van der Waals surface area contributed by atoms with Crippen molar-refractivity contribution in [3.05, 3.63) is 71.0 Å². The Bertz CT molecular complexity index is 1330. The predicted octanol–water partition coefficient (Wildman–Crippen LogP) is 4.90. The number of rotatable bonds is 4. The van der Waals surface area contributed by atoms with E-state index in [4.69, 9.17) is 5.10 Å². The van der Waals surface area contributed by atoms with Crippen molar-refractivity contribution in [2.75, 3.05) is 23.3 Å². The fourth-order valence-electron chi connectivity index (χ4n) is 4.94. The summed E-state index contributed by atoms with van der Waals surface area (Å²) in [5.74, 6) is 0.876. The summed E-state index contributed by atoms with van der Waals surface area (Å²) >= 11 is 0. The summed E-state index contributed by atoms with van der Waals surface area (Å²) in [6, 6.07) is 16.2. The van der Waals surface area contributed by atoms with Crippen molar-refractivity contribution in [2.45, 2.75) is 40.5 Å². The number of carbonyl (C=O) groups is 1. The van der Waals surface area contributed by atoms with Gasteiger partial charge in [-0.05, 0) is 63.8 Å². The first kappa shape index (κ1) is 22.1. The molecule has 1 fully saturated rings. The molecule has 7 nitrogen and oxygen atoms in total. The molecule has 0 atom stereocenters. The molecule has 1 aliphatic heterocycles. The van der Waals surface area contributed by atoms with Gasteiger partial charge in [0.25, 0.3) is 0 Å². The summed E-state index contributed by atoms with van der Waals surface area (Å²) in [6.07, 6.45) is 1.54. The molecule has 0 spiro atoms. The van der Waals surface area contributed by atoms with Gasteiger partial charge in [0.05, 0.1) is 22.5 Å². The number of hydrogen-bond donors (Lipinski definition) is 1. The predicted molar refractivity (Wildman–Crippen MR) is 136 cm³/mol. The van der Waals surface area contributed by atoms with E-state index in [9.17, 15) is 4.79 Å². The third-order valence-electron chi connectivity index (χ3n) is 6.88. The average Bonchev–Trinajstić information content (AvgIpc) is 3.20. The number of amides is 1. The monoisotopic (exact) mass is 454 g/mol. The molecular formula is C27H30N6O. The van der Waals surface area contributed by atoms with Crippen LogP contribution in [0.3, 0.4) is 0 Å². The summed E-state index contributed by atoms with van der Waals surface area (Å²) < 4.78 is 1.97. The van der Waals surface area contributed by atoms with Gasteiger partial charge >= 0.3 is 0 Å². The van der Waals surface area contributed by atoms with E-state index in [1.807, 2.05) is 61.9 Å². The largest absolute Gasteiger partial charge is 0.353 e. The lowest BCUT2D eigenvalue weighted by molar-refractivity contribution is -0.120. The summed E-state index contributed by atoms with van der Waals surface area (Å²) in [7, 11) is 0. The van der Waals surface area contributed by atoms with Crippen molar-refractivity contribution in [3.8, 4) is 5.69 Å². The van der Waals surface area contributed by atoms with E-state index >= 15 is 0 Å². The molecule has 1 N–H and O–H groups in total. The second-order valence-electron chi connectivity index (χ2n) is 9.18. The summed E-state index contributed by atoms with van der Waals surface area (Å²) in [6.45, 7) is 9.61. The van der Waals surface area contributed by atoms with Gasteiger partial charge < -0.3 is 10.2 Å². The molecule has 7 heteroatoms. The average molecular weight is 455 g/mol. The van der Waals surface area contributed by atoms with Crippen LogP contribution < -0.4 is 10.2 Å². The Balaban J connectivity index is 1.37. The first-order valence-electron chi connectivity index (χ1n) is 11.8. The van der Waals surface area contributed by atoms with Gasteiger partial charge in [-0.2, -0.15) is 10.2 Å². The van der Waals surface area contributed by atoms with Gasteiger partial charge in [0.15, 0.2) is 5.82 Å². The number of benzene rings is 2. The number of anilines is 2. The number of nitrogens with zero attached hydrogens (tertiary/aromatic N) is 5. The second kappa shape index (κ2) is 8.89. The van der Waals surface area contributed by atoms with Crippen LogP contribution in [0.2, 0.25) is 0 Å². The smallest absolute Gasteiger partial charge is 0.227 e. The highest BCUT2D eigenvalue weighted by molar-refractivity contribution is 5.95. The lowest BCUT2D eigenvalue weighted by atomic mass is 9.95. The van der Waals surface area contributed by atoms with E-state index in [-0.39, 0.29) is 11.8 Å². The molecule has 1 aliphatic rings. The maximum atomic E-state index is 13.0. The molecule has 34 heavy (non-hydrogen) atoms. The van der Waals surface area contributed by atoms with E-state index < -0.39 is 0 Å². The van der Waals surface area contributed by atoms with Crippen molar-refractivity contribution < 1.29 is 4.79 Å². The zero-order chi connectivity index (χ0) is 23.8. The van der Waals surface area contributed by atoms with Crippen LogP contribution in [0.5, 0.6) is 0 Å². The number of carbonyl (C=O) groups excluding carboxylic acids is 1. The molecule has 3 heterocycles. The normalized spacial score (nSPS) is 14.5. The van der Waals surface area contributed by atoms with Crippen molar-refractivity contribution in [3.63, 3.8) is 0 Å². The quantitative estimate of drug-likeness (QED) is 0.474. The standard InChI is InChI=1S/C27H30N6O/c1-17-9-8-10-18(2)24(17)28-27(34)21-13-15-32(16-14-21)26-25-23(19(3)29-30-26)20(4)33(31-25)22-11-6-5-7-12-22/h5-12,21H,13-16H2,1-4H3,(H,28,34). The highest BCUT2D eigenvalue weighted by Gasteiger charge is 2.28. The van der Waals surface area contributed by atoms with Gasteiger partial charge in [-0.1, -0.05) is 36.4 Å². The summed E-state index contributed by atoms with van der Waals surface area (Å²) in [5.41, 5.74) is 6.93. The SMILES string of the molecule is Cc1cccc(C)c1NC(=O)C1CCN(c2nnc(C)c3c(C)n(-c4ccccc4)nc23)CC1. The number of piperidine rings is 1. The van der Waals surface area contributed by atoms with Crippen molar-refractivity contribution >= 4 is 28.3 Å². The zero-order valence-electron chi connectivity index (χ0n) is 20.2. The Morgan fingerprint density at radius 2 is 1.59 bits per heavy atom. The first-order chi connectivity index (χ1) is 16.4. The van der Waals surface area contributed by atoms with Crippen LogP contribution in [-0.4, -0.2) is 39.0 Å². The fraction of sp³-hybridized carbons (Fsp3) is 0.333. The van der Waals surface area contributed by atoms with Crippen LogP contribution in [-0.2, 0) is 4.79 Å². The van der Waals surface area contributed by atoms with Crippen LogP contribution in [0.4, 0.5) is 11.5 Å². The lowest BCUT2D eigenvalue weighted by Gasteiger charge is -2.32. The van der Waals surface area contributed by atoms with Crippen LogP contribution in [0.25, 0.3) is 16.6 Å². The van der Waals surface area contributed by atoms with Crippen LogP contribution in [0.15, 0.2) is 48.5 Å². The number of nitrogens with one attached hydrogen (secondary N) is 1. The minimum absolute atomic E-state index is 0.0206. The van der Waals surface area contributed by atoms with E-state index in [1.165, 1.54) is 0 Å². The maximum absolute atomic E-state index is 13.0. The number of aryl methyl sites for hydroxylation is 4. The van der Waals surface area contributed by atoms with E-state index in [2.05, 4.69) is 39.5 Å². The Kier molecular flexibility index (Phi) is 5.77. The van der Waals surface area contributed by atoms with Gasteiger partial charge in [0.2, 0.25) is 5.91 Å². The fourth-order valence-corrected chi connectivity index (χ4v) is 4.94. The van der Waals surface area contributed by atoms with Gasteiger partial charge in [-0.25, -0.2) is 4.68 Å². The minimum atomic E-state index is -0.0206. The molecule has 2 aromatic carbocycles. The molecule has 0 aliphatic carbocycles. The third-order valence-corrected chi connectivity index (χ3v) is 6.88. The minimum Gasteiger partial charge on any atom is -0.353 e. The van der Waals surface area contributed by atoms with Crippen LogP contribution >= 0.6 is 0 Å². The molecule has 1 saturated heterocycles. The molecule has 0 bridgehead atoms. The number of para-hydroxylation sites is 2. The highest BCUT2D eigenvalue weighted by Crippen LogP contribution is 2.32. The van der Waals surface area contributed by atoms with E-state index in [0.717, 1.165) is 76.5 Å². The molecular weight excluding hydrogens is 424 g/mol. The van der Waals surface area contributed by atoms with Crippen molar-refractivity contribution in [2.24, 2.45) is 5.92 Å². The molecule has 1 amide bonds. The Morgan fingerprint density at radius 1 is 0.912 bits per heavy atom. The van der Waals surface area contributed by atoms with Crippen molar-refractivity contribution in [1.82, 2.24) is 20.0 Å². The lowest BCUT2D eigenvalue weighted by Crippen LogP contribution is -2.39. The van der Waals surface area contributed by atoms with Crippen LogP contribution in [0.1, 0.15) is 35.4 Å². The van der Waals surface area contributed by atoms with Gasteiger partial charge in [-0.3, -0.25) is 4.79 Å². The van der Waals surface area contributed by atoms with E-state index in [1.54, 1.807) is 0 Å². The summed E-state index contributed by atoms with van der Waals surface area (Å²) in [5, 5.41) is 18.1. The van der Waals surface area contributed by atoms with Gasteiger partial charge in [-0.15, -0.1) is 5.10 Å². The number of aromatic nitrogens is 4. The van der Waals surface area contributed by atoms with Gasteiger partial charge in [0.1, 0.15) is 5.52 Å². The molecule has 4 aromatic rings. The first-order valence-corrected chi connectivity index (χ1v) is 11.8. The van der Waals surface area contributed by atoms with E-state index in [0.29, 0.717) is 0 Å². The van der Waals surface area contributed by atoms with Crippen LogP contribution in [0, 0.1) is 33.6 Å². The number of fused-ring (bicyclic) bond motifs is 1. The molecule has 174 valence electrons. The Morgan fingerprint density at radius 3 is 2.26 bits per heavy atom. The zero-order valence-corrected chi connectivity index (χ0v) is 20.2. The molecule has 0 unspecified atom stereocenters. The Hall–Kier alpha value is -3.74. The maximum Gasteiger partial charge on any atom is 0.227 e. The molecule has 5 rings (SSSR count). The molecule has 0 radical (unpaired) electrons. The topological polar surface area (TPSA) is 75.9 Å². The van der Waals surface area contributed by atoms with Crippen molar-refractivity contribution in [1.29, 1.82) is 0 Å². The number of hydrogen-bond acceptors (Lipinski definition) is 5. The van der Waals surface area contributed by atoms with Gasteiger partial charge in [0, 0.05) is 24.7 Å². The highest BCUT2D eigenvalue weighted by atomic mass is 16.1.